The minimum absolute atomic E-state index is 0.774. The van der Waals surface area contributed by atoms with Gasteiger partial charge in [-0.25, -0.2) is 4.68 Å². The fourth-order valence-corrected chi connectivity index (χ4v) is 2.26. The Balaban J connectivity index is 2.15. The van der Waals surface area contributed by atoms with E-state index in [1.807, 2.05) is 60.1 Å². The van der Waals surface area contributed by atoms with E-state index in [2.05, 4.69) is 11.2 Å². The number of anilines is 1. The number of benzene rings is 2. The molecular formula is C16H15N3. The van der Waals surface area contributed by atoms with E-state index in [0.29, 0.717) is 0 Å². The highest BCUT2D eigenvalue weighted by atomic mass is 15.3. The number of nitrogens with zero attached hydrogens (tertiary/aromatic N) is 2. The van der Waals surface area contributed by atoms with Crippen LogP contribution < -0.4 is 5.73 Å². The van der Waals surface area contributed by atoms with Crippen LogP contribution in [0.15, 0.2) is 60.8 Å². The van der Waals surface area contributed by atoms with Gasteiger partial charge in [0.2, 0.25) is 0 Å². The van der Waals surface area contributed by atoms with E-state index in [4.69, 9.17) is 5.73 Å². The van der Waals surface area contributed by atoms with Crippen LogP contribution in [0.2, 0.25) is 0 Å². The SMILES string of the molecule is Cc1cc(N)cc(-c2ccnn2-c2ccccc2)c1. The molecule has 3 aromatic rings. The van der Waals surface area contributed by atoms with Crippen LogP contribution in [0.5, 0.6) is 0 Å². The standard InChI is InChI=1S/C16H15N3/c1-12-9-13(11-14(17)10-12)16-7-8-18-19(16)15-5-3-2-4-6-15/h2-11H,17H2,1H3. The zero-order valence-corrected chi connectivity index (χ0v) is 10.7. The van der Waals surface area contributed by atoms with Crippen LogP contribution in [-0.4, -0.2) is 9.78 Å². The number of para-hydroxylation sites is 1. The first-order valence-corrected chi connectivity index (χ1v) is 6.21. The van der Waals surface area contributed by atoms with Crippen molar-refractivity contribution in [3.05, 3.63) is 66.4 Å². The Morgan fingerprint density at radius 2 is 1.79 bits per heavy atom. The van der Waals surface area contributed by atoms with Crippen LogP contribution in [-0.2, 0) is 0 Å². The van der Waals surface area contributed by atoms with Gasteiger partial charge in [0.05, 0.1) is 17.6 Å². The lowest BCUT2D eigenvalue weighted by atomic mass is 10.1. The molecule has 2 aromatic carbocycles. The summed E-state index contributed by atoms with van der Waals surface area (Å²) in [5, 5.41) is 4.40. The highest BCUT2D eigenvalue weighted by Gasteiger charge is 2.08. The average molecular weight is 249 g/mol. The molecule has 19 heavy (non-hydrogen) atoms. The number of hydrogen-bond donors (Lipinski definition) is 1. The number of rotatable bonds is 2. The molecule has 94 valence electrons. The van der Waals surface area contributed by atoms with Gasteiger partial charge in [-0.1, -0.05) is 18.2 Å². The van der Waals surface area contributed by atoms with Gasteiger partial charge in [0.1, 0.15) is 0 Å². The highest BCUT2D eigenvalue weighted by Crippen LogP contribution is 2.25. The molecule has 0 bridgehead atoms. The lowest BCUT2D eigenvalue weighted by Crippen LogP contribution is -1.99. The van der Waals surface area contributed by atoms with E-state index in [1.54, 1.807) is 6.20 Å². The molecule has 0 aliphatic heterocycles. The van der Waals surface area contributed by atoms with E-state index < -0.39 is 0 Å². The Labute approximate surface area is 112 Å². The second-order valence-corrected chi connectivity index (χ2v) is 4.60. The van der Waals surface area contributed by atoms with Gasteiger partial charge in [-0.3, -0.25) is 0 Å². The minimum Gasteiger partial charge on any atom is -0.399 e. The summed E-state index contributed by atoms with van der Waals surface area (Å²) in [6.45, 7) is 2.04. The summed E-state index contributed by atoms with van der Waals surface area (Å²) in [7, 11) is 0. The number of nitrogens with two attached hydrogens (primary N) is 1. The Hall–Kier alpha value is -2.55. The average Bonchev–Trinajstić information content (AvgIpc) is 2.88. The molecule has 0 atom stereocenters. The van der Waals surface area contributed by atoms with Crippen LogP contribution in [0, 0.1) is 6.92 Å². The molecule has 3 rings (SSSR count). The number of nitrogen functional groups attached to an aromatic ring is 1. The maximum atomic E-state index is 5.92. The molecule has 1 heterocycles. The number of hydrogen-bond acceptors (Lipinski definition) is 2. The summed E-state index contributed by atoms with van der Waals surface area (Å²) < 4.78 is 1.92. The van der Waals surface area contributed by atoms with Crippen LogP contribution in [0.3, 0.4) is 0 Å². The Morgan fingerprint density at radius 1 is 1.00 bits per heavy atom. The third kappa shape index (κ3) is 2.22. The van der Waals surface area contributed by atoms with Gasteiger partial charge in [-0.05, 0) is 48.9 Å². The van der Waals surface area contributed by atoms with Crippen molar-refractivity contribution in [3.8, 4) is 16.9 Å². The molecule has 0 saturated heterocycles. The molecule has 3 nitrogen and oxygen atoms in total. The normalized spacial score (nSPS) is 10.6. The molecule has 0 radical (unpaired) electrons. The van der Waals surface area contributed by atoms with Crippen molar-refractivity contribution in [1.29, 1.82) is 0 Å². The summed E-state index contributed by atoms with van der Waals surface area (Å²) in [5.74, 6) is 0. The van der Waals surface area contributed by atoms with E-state index in [1.165, 1.54) is 0 Å². The van der Waals surface area contributed by atoms with Gasteiger partial charge in [0.15, 0.2) is 0 Å². The van der Waals surface area contributed by atoms with Crippen molar-refractivity contribution in [2.45, 2.75) is 6.92 Å². The third-order valence-corrected chi connectivity index (χ3v) is 3.04. The molecular weight excluding hydrogens is 234 g/mol. The first-order chi connectivity index (χ1) is 9.24. The van der Waals surface area contributed by atoms with Gasteiger partial charge in [-0.15, -0.1) is 0 Å². The van der Waals surface area contributed by atoms with Gasteiger partial charge in [-0.2, -0.15) is 5.10 Å². The van der Waals surface area contributed by atoms with E-state index in [9.17, 15) is 0 Å². The zero-order valence-electron chi connectivity index (χ0n) is 10.7. The third-order valence-electron chi connectivity index (χ3n) is 3.04. The smallest absolute Gasteiger partial charge is 0.0741 e. The summed E-state index contributed by atoms with van der Waals surface area (Å²) in [6.07, 6.45) is 1.81. The summed E-state index contributed by atoms with van der Waals surface area (Å²) in [6, 6.07) is 18.1. The van der Waals surface area contributed by atoms with E-state index in [0.717, 1.165) is 28.2 Å². The van der Waals surface area contributed by atoms with E-state index >= 15 is 0 Å². The van der Waals surface area contributed by atoms with Gasteiger partial charge in [0, 0.05) is 11.3 Å². The van der Waals surface area contributed by atoms with E-state index in [-0.39, 0.29) is 0 Å². The van der Waals surface area contributed by atoms with Gasteiger partial charge < -0.3 is 5.73 Å². The second kappa shape index (κ2) is 4.61. The zero-order chi connectivity index (χ0) is 13.2. The molecule has 2 N–H and O–H groups in total. The van der Waals surface area contributed by atoms with Crippen LogP contribution >= 0.6 is 0 Å². The fourth-order valence-electron chi connectivity index (χ4n) is 2.26. The van der Waals surface area contributed by atoms with Crippen molar-refractivity contribution in [3.63, 3.8) is 0 Å². The summed E-state index contributed by atoms with van der Waals surface area (Å²) in [4.78, 5) is 0. The Bertz CT molecular complexity index is 679. The Kier molecular flexibility index (Phi) is 2.80. The number of aryl methyl sites for hydroxylation is 1. The lowest BCUT2D eigenvalue weighted by molar-refractivity contribution is 0.888. The van der Waals surface area contributed by atoms with Gasteiger partial charge >= 0.3 is 0 Å². The maximum absolute atomic E-state index is 5.92. The largest absolute Gasteiger partial charge is 0.399 e. The number of aromatic nitrogens is 2. The monoisotopic (exact) mass is 249 g/mol. The van der Waals surface area contributed by atoms with Crippen LogP contribution in [0.4, 0.5) is 5.69 Å². The molecule has 3 heteroatoms. The summed E-state index contributed by atoms with van der Waals surface area (Å²) in [5.41, 5.74) is 11.0. The highest BCUT2D eigenvalue weighted by molar-refractivity contribution is 5.67. The molecule has 0 saturated carbocycles. The predicted molar refractivity (Wildman–Crippen MR) is 78.1 cm³/mol. The quantitative estimate of drug-likeness (QED) is 0.707. The topological polar surface area (TPSA) is 43.8 Å². The molecule has 0 spiro atoms. The second-order valence-electron chi connectivity index (χ2n) is 4.60. The van der Waals surface area contributed by atoms with Crippen molar-refractivity contribution in [1.82, 2.24) is 9.78 Å². The first kappa shape index (κ1) is 11.5. The first-order valence-electron chi connectivity index (χ1n) is 6.21. The predicted octanol–water partition coefficient (Wildman–Crippen LogP) is 3.43. The minimum atomic E-state index is 0.774. The van der Waals surface area contributed by atoms with Crippen LogP contribution in [0.25, 0.3) is 16.9 Å². The Morgan fingerprint density at radius 3 is 2.53 bits per heavy atom. The van der Waals surface area contributed by atoms with Crippen LogP contribution in [0.1, 0.15) is 5.56 Å². The molecule has 1 aromatic heterocycles. The maximum Gasteiger partial charge on any atom is 0.0741 e. The fraction of sp³-hybridized carbons (Fsp3) is 0.0625. The molecule has 0 fully saturated rings. The summed E-state index contributed by atoms with van der Waals surface area (Å²) >= 11 is 0. The van der Waals surface area contributed by atoms with Crippen molar-refractivity contribution < 1.29 is 0 Å². The van der Waals surface area contributed by atoms with Gasteiger partial charge in [0.25, 0.3) is 0 Å². The van der Waals surface area contributed by atoms with Crippen molar-refractivity contribution in [2.24, 2.45) is 0 Å². The molecule has 0 aliphatic carbocycles. The van der Waals surface area contributed by atoms with Crippen molar-refractivity contribution >= 4 is 5.69 Å². The molecule has 0 unspecified atom stereocenters. The molecule has 0 aliphatic rings. The lowest BCUT2D eigenvalue weighted by Gasteiger charge is -2.09. The molecule has 0 amide bonds. The van der Waals surface area contributed by atoms with Crippen molar-refractivity contribution in [2.75, 3.05) is 5.73 Å².